The van der Waals surface area contributed by atoms with Crippen molar-refractivity contribution >= 4 is 44.6 Å². The smallest absolute Gasteiger partial charge is 0.306 e. The number of rotatable bonds is 7. The first kappa shape index (κ1) is 40.1. The molecule has 2 aliphatic carbocycles. The van der Waals surface area contributed by atoms with Crippen LogP contribution in [0.2, 0.25) is 0 Å². The number of carbonyl (C=O) groups is 4. The fraction of sp³-hybridized carbons (Fsp3) is 0.634. The van der Waals surface area contributed by atoms with E-state index in [1.54, 1.807) is 31.2 Å². The molecule has 7 rings (SSSR count). The van der Waals surface area contributed by atoms with Crippen molar-refractivity contribution in [3.63, 3.8) is 0 Å². The average Bonchev–Trinajstić information content (AvgIpc) is 4.03. The van der Waals surface area contributed by atoms with Crippen molar-refractivity contribution in [3.05, 3.63) is 47.7 Å². The van der Waals surface area contributed by atoms with Crippen LogP contribution in [-0.4, -0.2) is 77.1 Å². The standard InChI is InChI=1S/C41H52F2N4O8S/c1-38(2,3)24-54-31(48)20-25-12-8-6-5-7-9-13-26-21-41(26,37(51)46-56(52,53)39(4)18-19-39)45-35(49)30-22-40(23-47(30)36(25)50)17-16-28-27-14-10-11-15-29(27)44-32(34(42)43)33(28)55-40/h9-11,13-15,25-26,30,34H,5-8,12,16-24H2,1-4H3,(H,45,49)(H,46,51)/b13-9-/t25-,26-,30+,40-,41-/m1/s1. The van der Waals surface area contributed by atoms with Crippen LogP contribution in [0.15, 0.2) is 36.4 Å². The zero-order valence-corrected chi connectivity index (χ0v) is 33.3. The molecule has 1 saturated heterocycles. The Labute approximate surface area is 326 Å². The monoisotopic (exact) mass is 798 g/mol. The lowest BCUT2D eigenvalue weighted by Crippen LogP contribution is -2.57. The van der Waals surface area contributed by atoms with E-state index in [0.717, 1.165) is 12.8 Å². The van der Waals surface area contributed by atoms with Gasteiger partial charge in [0.25, 0.3) is 12.3 Å². The fourth-order valence-corrected chi connectivity index (χ4v) is 9.66. The molecule has 5 aliphatic rings. The van der Waals surface area contributed by atoms with Crippen LogP contribution in [0, 0.1) is 17.3 Å². The topological polar surface area (TPSA) is 161 Å². The Kier molecular flexibility index (Phi) is 10.5. The van der Waals surface area contributed by atoms with Gasteiger partial charge in [0.15, 0.2) is 5.75 Å². The van der Waals surface area contributed by atoms with E-state index in [9.17, 15) is 36.4 Å². The second kappa shape index (κ2) is 14.7. The van der Waals surface area contributed by atoms with E-state index >= 15 is 0 Å². The average molecular weight is 799 g/mol. The number of ether oxygens (including phenoxy) is 2. The number of sulfonamides is 1. The molecule has 3 aliphatic heterocycles. The molecule has 0 radical (unpaired) electrons. The van der Waals surface area contributed by atoms with Crippen LogP contribution < -0.4 is 14.8 Å². The van der Waals surface area contributed by atoms with Crippen molar-refractivity contribution in [1.82, 2.24) is 19.9 Å². The molecule has 0 unspecified atom stereocenters. The number of nitrogens with one attached hydrogen (secondary N) is 2. The van der Waals surface area contributed by atoms with Gasteiger partial charge >= 0.3 is 5.97 Å². The second-order valence-corrected chi connectivity index (χ2v) is 20.1. The van der Waals surface area contributed by atoms with E-state index in [0.29, 0.717) is 55.0 Å². The molecule has 3 amide bonds. The lowest BCUT2D eigenvalue weighted by Gasteiger charge is -2.37. The third kappa shape index (κ3) is 7.89. The highest BCUT2D eigenvalue weighted by Gasteiger charge is 2.64. The number of para-hydroxylation sites is 1. The van der Waals surface area contributed by atoms with Crippen molar-refractivity contribution in [2.75, 3.05) is 13.2 Å². The SMILES string of the molecule is CC(C)(C)COC(=O)C[C@H]1CCCCC/C=C\[C@@H]2C[C@@]2(C(=O)NS(=O)(=O)C2(C)CC2)NC(=O)[C@@H]2C[C@]3(CCc4c(c(C(F)F)nc5ccccc45)O3)CN2C1=O. The summed E-state index contributed by atoms with van der Waals surface area (Å²) >= 11 is 0. The summed E-state index contributed by atoms with van der Waals surface area (Å²) in [5.41, 5.74) is -2.70. The van der Waals surface area contributed by atoms with Crippen LogP contribution in [-0.2, 0) is 40.4 Å². The van der Waals surface area contributed by atoms with Gasteiger partial charge in [0, 0.05) is 29.2 Å². The lowest BCUT2D eigenvalue weighted by atomic mass is 9.87. The molecule has 2 aromatic rings. The van der Waals surface area contributed by atoms with E-state index in [4.69, 9.17) is 9.47 Å². The number of aromatic nitrogens is 1. The number of allylic oxidation sites excluding steroid dienone is 1. The Morgan fingerprint density at radius 1 is 1.11 bits per heavy atom. The third-order valence-corrected chi connectivity index (χ3v) is 14.3. The molecule has 2 N–H and O–H groups in total. The number of fused-ring (bicyclic) bond motifs is 5. The van der Waals surface area contributed by atoms with E-state index in [1.807, 2.05) is 32.9 Å². The Morgan fingerprint density at radius 3 is 2.57 bits per heavy atom. The maximum Gasteiger partial charge on any atom is 0.306 e. The van der Waals surface area contributed by atoms with Crippen LogP contribution in [0.25, 0.3) is 10.9 Å². The first-order valence-corrected chi connectivity index (χ1v) is 21.2. The molecular formula is C41H52F2N4O8S. The molecule has 1 aromatic heterocycles. The normalized spacial score (nSPS) is 29.6. The van der Waals surface area contributed by atoms with Crippen molar-refractivity contribution in [2.24, 2.45) is 17.3 Å². The first-order valence-electron chi connectivity index (χ1n) is 19.8. The van der Waals surface area contributed by atoms with Gasteiger partial charge < -0.3 is 19.7 Å². The number of hydrogen-bond donors (Lipinski definition) is 2. The summed E-state index contributed by atoms with van der Waals surface area (Å²) < 4.78 is 68.9. The van der Waals surface area contributed by atoms with E-state index < -0.39 is 79.6 Å². The van der Waals surface area contributed by atoms with Gasteiger partial charge in [-0.25, -0.2) is 22.2 Å². The summed E-state index contributed by atoms with van der Waals surface area (Å²) in [4.78, 5) is 62.1. The number of benzene rings is 1. The molecule has 304 valence electrons. The van der Waals surface area contributed by atoms with E-state index in [-0.39, 0.29) is 50.0 Å². The maximum atomic E-state index is 14.8. The number of esters is 1. The number of alkyl halides is 2. The fourth-order valence-electron chi connectivity index (χ4n) is 8.34. The number of carbonyl (C=O) groups excluding carboxylic acids is 4. The van der Waals surface area contributed by atoms with Crippen molar-refractivity contribution < 1.29 is 45.9 Å². The van der Waals surface area contributed by atoms with Crippen molar-refractivity contribution in [3.8, 4) is 5.75 Å². The number of pyridine rings is 1. The van der Waals surface area contributed by atoms with Crippen LogP contribution in [0.5, 0.6) is 5.75 Å². The van der Waals surface area contributed by atoms with Crippen LogP contribution >= 0.6 is 0 Å². The number of aryl methyl sites for hydroxylation is 1. The number of amides is 3. The summed E-state index contributed by atoms with van der Waals surface area (Å²) in [5.74, 6) is -3.96. The maximum absolute atomic E-state index is 14.8. The molecule has 5 atom stereocenters. The summed E-state index contributed by atoms with van der Waals surface area (Å²) in [6.07, 6.45) is 5.24. The lowest BCUT2D eigenvalue weighted by molar-refractivity contribution is -0.152. The highest BCUT2D eigenvalue weighted by molar-refractivity contribution is 7.91. The van der Waals surface area contributed by atoms with Gasteiger partial charge in [0.05, 0.1) is 29.8 Å². The highest BCUT2D eigenvalue weighted by Crippen LogP contribution is 2.50. The highest BCUT2D eigenvalue weighted by atomic mass is 32.2. The number of hydrogen-bond acceptors (Lipinski definition) is 9. The predicted molar refractivity (Wildman–Crippen MR) is 203 cm³/mol. The minimum absolute atomic E-state index is 0.0649. The van der Waals surface area contributed by atoms with Gasteiger partial charge in [0.1, 0.15) is 22.9 Å². The largest absolute Gasteiger partial charge is 0.483 e. The second-order valence-electron chi connectivity index (χ2n) is 17.9. The molecule has 15 heteroatoms. The van der Waals surface area contributed by atoms with Crippen LogP contribution in [0.4, 0.5) is 8.78 Å². The Bertz CT molecular complexity index is 2060. The molecule has 1 aromatic carbocycles. The zero-order valence-electron chi connectivity index (χ0n) is 32.5. The van der Waals surface area contributed by atoms with Gasteiger partial charge in [0.2, 0.25) is 21.8 Å². The Morgan fingerprint density at radius 2 is 1.86 bits per heavy atom. The Balaban J connectivity index is 1.24. The zero-order chi connectivity index (χ0) is 40.3. The molecular weight excluding hydrogens is 747 g/mol. The summed E-state index contributed by atoms with van der Waals surface area (Å²) in [6, 6.07) is 5.75. The number of halogens is 2. The van der Waals surface area contributed by atoms with Gasteiger partial charge in [-0.3, -0.25) is 23.9 Å². The molecule has 56 heavy (non-hydrogen) atoms. The minimum atomic E-state index is -4.04. The molecule has 0 bridgehead atoms. The van der Waals surface area contributed by atoms with E-state index in [2.05, 4.69) is 15.0 Å². The minimum Gasteiger partial charge on any atom is -0.483 e. The van der Waals surface area contributed by atoms with Crippen molar-refractivity contribution in [1.29, 1.82) is 0 Å². The molecule has 2 saturated carbocycles. The van der Waals surface area contributed by atoms with Gasteiger partial charge in [-0.05, 0) is 69.8 Å². The quantitative estimate of drug-likeness (QED) is 0.260. The molecule has 3 fully saturated rings. The van der Waals surface area contributed by atoms with Crippen molar-refractivity contribution in [2.45, 2.75) is 133 Å². The van der Waals surface area contributed by atoms with Crippen LogP contribution in [0.1, 0.15) is 116 Å². The van der Waals surface area contributed by atoms with Gasteiger partial charge in [-0.15, -0.1) is 0 Å². The number of nitrogens with zero attached hydrogens (tertiary/aromatic N) is 2. The molecule has 1 spiro atoms. The predicted octanol–water partition coefficient (Wildman–Crippen LogP) is 5.83. The molecule has 12 nitrogen and oxygen atoms in total. The molecule has 4 heterocycles. The first-order chi connectivity index (χ1) is 26.4. The summed E-state index contributed by atoms with van der Waals surface area (Å²) in [7, 11) is -4.04. The van der Waals surface area contributed by atoms with Gasteiger partial charge in [-0.1, -0.05) is 64.0 Å². The van der Waals surface area contributed by atoms with Gasteiger partial charge in [-0.2, -0.15) is 0 Å². The van der Waals surface area contributed by atoms with Crippen LogP contribution in [0.3, 0.4) is 0 Å². The summed E-state index contributed by atoms with van der Waals surface area (Å²) in [5, 5.41) is 3.54. The third-order valence-electron chi connectivity index (χ3n) is 12.1. The summed E-state index contributed by atoms with van der Waals surface area (Å²) in [6.45, 7) is 7.36. The van der Waals surface area contributed by atoms with E-state index in [1.165, 1.54) is 4.90 Å². The Hall–Kier alpha value is -4.14.